The topological polar surface area (TPSA) is 66.9 Å². The van der Waals surface area contributed by atoms with Crippen LogP contribution in [0.1, 0.15) is 23.7 Å². The van der Waals surface area contributed by atoms with Gasteiger partial charge in [-0.15, -0.1) is 0 Å². The van der Waals surface area contributed by atoms with Crippen LogP contribution in [0.5, 0.6) is 0 Å². The lowest BCUT2D eigenvalue weighted by Gasteiger charge is -2.26. The summed E-state index contributed by atoms with van der Waals surface area (Å²) in [4.78, 5) is 14.5. The van der Waals surface area contributed by atoms with Crippen LogP contribution in [0.25, 0.3) is 0 Å². The second-order valence-corrected chi connectivity index (χ2v) is 8.12. The van der Waals surface area contributed by atoms with E-state index in [1.165, 1.54) is 16.4 Å². The highest BCUT2D eigenvalue weighted by molar-refractivity contribution is 7.89. The molecule has 1 atom stereocenters. The van der Waals surface area contributed by atoms with E-state index >= 15 is 0 Å². The van der Waals surface area contributed by atoms with Crippen LogP contribution in [0.3, 0.4) is 0 Å². The second kappa shape index (κ2) is 6.59. The average molecular weight is 338 g/mol. The van der Waals surface area contributed by atoms with Crippen LogP contribution < -0.4 is 0 Å². The lowest BCUT2D eigenvalue weighted by molar-refractivity contribution is 0.0730. The molecule has 1 aromatic carbocycles. The highest BCUT2D eigenvalue weighted by Crippen LogP contribution is 2.21. The van der Waals surface area contributed by atoms with E-state index in [1.807, 2.05) is 4.90 Å². The maximum atomic E-state index is 12.5. The molecule has 0 N–H and O–H groups in total. The molecule has 2 heterocycles. The number of nitrogens with zero attached hydrogens (tertiary/aromatic N) is 2. The largest absolute Gasteiger partial charge is 0.379 e. The van der Waals surface area contributed by atoms with Gasteiger partial charge >= 0.3 is 0 Å². The molecule has 0 spiro atoms. The molecular weight excluding hydrogens is 316 g/mol. The summed E-state index contributed by atoms with van der Waals surface area (Å²) in [6.45, 7) is 5.25. The predicted octanol–water partition coefficient (Wildman–Crippen LogP) is 1.19. The molecule has 2 aliphatic heterocycles. The molecule has 6 nitrogen and oxygen atoms in total. The summed E-state index contributed by atoms with van der Waals surface area (Å²) >= 11 is 0. The van der Waals surface area contributed by atoms with Gasteiger partial charge in [0.15, 0.2) is 0 Å². The van der Waals surface area contributed by atoms with E-state index in [2.05, 4.69) is 6.92 Å². The lowest BCUT2D eigenvalue weighted by atomic mass is 10.2. The van der Waals surface area contributed by atoms with Crippen molar-refractivity contribution >= 4 is 15.9 Å². The second-order valence-electron chi connectivity index (χ2n) is 6.19. The fraction of sp³-hybridized carbons (Fsp3) is 0.562. The Labute approximate surface area is 137 Å². The van der Waals surface area contributed by atoms with Gasteiger partial charge < -0.3 is 9.64 Å². The smallest absolute Gasteiger partial charge is 0.253 e. The van der Waals surface area contributed by atoms with Gasteiger partial charge in [-0.25, -0.2) is 8.42 Å². The quantitative estimate of drug-likeness (QED) is 0.830. The summed E-state index contributed by atoms with van der Waals surface area (Å²) in [5.74, 6) is 0.504. The fourth-order valence-electron chi connectivity index (χ4n) is 3.01. The van der Waals surface area contributed by atoms with E-state index in [1.54, 1.807) is 12.1 Å². The van der Waals surface area contributed by atoms with E-state index < -0.39 is 10.0 Å². The Morgan fingerprint density at radius 3 is 2.35 bits per heavy atom. The highest BCUT2D eigenvalue weighted by atomic mass is 32.2. The van der Waals surface area contributed by atoms with E-state index in [4.69, 9.17) is 4.74 Å². The zero-order chi connectivity index (χ0) is 16.4. The standard InChI is InChI=1S/C16H22N2O4S/c1-13-6-7-17(12-13)16(19)14-2-4-15(5-3-14)23(20,21)18-8-10-22-11-9-18/h2-5,13H,6-12H2,1H3. The molecule has 0 bridgehead atoms. The number of likely N-dealkylation sites (tertiary alicyclic amines) is 1. The highest BCUT2D eigenvalue weighted by Gasteiger charge is 2.27. The third-order valence-corrected chi connectivity index (χ3v) is 6.33. The minimum absolute atomic E-state index is 0.0235. The molecule has 2 aliphatic rings. The Balaban J connectivity index is 1.75. The molecule has 23 heavy (non-hydrogen) atoms. The summed E-state index contributed by atoms with van der Waals surface area (Å²) in [5, 5.41) is 0. The van der Waals surface area contributed by atoms with Gasteiger partial charge in [-0.05, 0) is 36.6 Å². The molecule has 0 aliphatic carbocycles. The number of rotatable bonds is 3. The fourth-order valence-corrected chi connectivity index (χ4v) is 4.42. The molecule has 1 amide bonds. The van der Waals surface area contributed by atoms with Gasteiger partial charge in [0.2, 0.25) is 10.0 Å². The lowest BCUT2D eigenvalue weighted by Crippen LogP contribution is -2.40. The monoisotopic (exact) mass is 338 g/mol. The number of morpholine rings is 1. The summed E-state index contributed by atoms with van der Waals surface area (Å²) in [7, 11) is -3.50. The van der Waals surface area contributed by atoms with Crippen molar-refractivity contribution in [1.29, 1.82) is 0 Å². The third kappa shape index (κ3) is 3.41. The SMILES string of the molecule is CC1CCN(C(=O)c2ccc(S(=O)(=O)N3CCOCC3)cc2)C1. The molecule has 2 fully saturated rings. The van der Waals surface area contributed by atoms with Crippen molar-refractivity contribution in [3.8, 4) is 0 Å². The van der Waals surface area contributed by atoms with Crippen LogP contribution >= 0.6 is 0 Å². The minimum atomic E-state index is -3.50. The first-order valence-corrected chi connectivity index (χ1v) is 9.40. The summed E-state index contributed by atoms with van der Waals surface area (Å²) in [5.41, 5.74) is 0.542. The summed E-state index contributed by atoms with van der Waals surface area (Å²) in [6.07, 6.45) is 1.02. The van der Waals surface area contributed by atoms with Gasteiger partial charge in [-0.3, -0.25) is 4.79 Å². The minimum Gasteiger partial charge on any atom is -0.379 e. The predicted molar refractivity (Wildman–Crippen MR) is 85.7 cm³/mol. The number of benzene rings is 1. The maximum absolute atomic E-state index is 12.5. The van der Waals surface area contributed by atoms with Crippen molar-refractivity contribution in [2.75, 3.05) is 39.4 Å². The number of hydrogen-bond acceptors (Lipinski definition) is 4. The van der Waals surface area contributed by atoms with Crippen LogP contribution in [0.4, 0.5) is 0 Å². The Kier molecular flexibility index (Phi) is 4.70. The molecule has 3 rings (SSSR count). The van der Waals surface area contributed by atoms with Crippen molar-refractivity contribution in [2.45, 2.75) is 18.2 Å². The number of sulfonamides is 1. The molecule has 126 valence electrons. The first-order valence-electron chi connectivity index (χ1n) is 7.96. The van der Waals surface area contributed by atoms with Crippen LogP contribution in [0, 0.1) is 5.92 Å². The first-order chi connectivity index (χ1) is 11.0. The number of carbonyl (C=O) groups excluding carboxylic acids is 1. The van der Waals surface area contributed by atoms with E-state index in [-0.39, 0.29) is 10.8 Å². The number of carbonyl (C=O) groups is 1. The first kappa shape index (κ1) is 16.4. The van der Waals surface area contributed by atoms with Gasteiger partial charge in [0.25, 0.3) is 5.91 Å². The zero-order valence-electron chi connectivity index (χ0n) is 13.3. The molecule has 0 radical (unpaired) electrons. The van der Waals surface area contributed by atoms with Crippen LogP contribution in [0.2, 0.25) is 0 Å². The van der Waals surface area contributed by atoms with Crippen molar-refractivity contribution in [3.05, 3.63) is 29.8 Å². The molecular formula is C16H22N2O4S. The summed E-state index contributed by atoms with van der Waals surface area (Å²) in [6, 6.07) is 6.27. The molecule has 1 aromatic rings. The Bertz CT molecular complexity index is 666. The molecule has 7 heteroatoms. The van der Waals surface area contributed by atoms with Crippen molar-refractivity contribution < 1.29 is 17.9 Å². The molecule has 0 aromatic heterocycles. The molecule has 1 unspecified atom stereocenters. The third-order valence-electron chi connectivity index (χ3n) is 4.42. The van der Waals surface area contributed by atoms with Gasteiger partial charge in [-0.1, -0.05) is 6.92 Å². The molecule has 2 saturated heterocycles. The van der Waals surface area contributed by atoms with E-state index in [9.17, 15) is 13.2 Å². The van der Waals surface area contributed by atoms with Crippen LogP contribution in [-0.2, 0) is 14.8 Å². The van der Waals surface area contributed by atoms with Crippen LogP contribution in [0.15, 0.2) is 29.2 Å². The van der Waals surface area contributed by atoms with Crippen LogP contribution in [-0.4, -0.2) is 62.9 Å². The number of amides is 1. The number of ether oxygens (including phenoxy) is 1. The van der Waals surface area contributed by atoms with E-state index in [0.29, 0.717) is 37.8 Å². The number of hydrogen-bond donors (Lipinski definition) is 0. The van der Waals surface area contributed by atoms with E-state index in [0.717, 1.165) is 19.5 Å². The zero-order valence-corrected chi connectivity index (χ0v) is 14.1. The van der Waals surface area contributed by atoms with Gasteiger partial charge in [0.05, 0.1) is 18.1 Å². The van der Waals surface area contributed by atoms with Crippen molar-refractivity contribution in [2.24, 2.45) is 5.92 Å². The average Bonchev–Trinajstić information content (AvgIpc) is 3.01. The van der Waals surface area contributed by atoms with Gasteiger partial charge in [-0.2, -0.15) is 4.31 Å². The normalized spacial score (nSPS) is 23.2. The van der Waals surface area contributed by atoms with Gasteiger partial charge in [0.1, 0.15) is 0 Å². The van der Waals surface area contributed by atoms with Crippen molar-refractivity contribution in [3.63, 3.8) is 0 Å². The summed E-state index contributed by atoms with van der Waals surface area (Å²) < 4.78 is 31.7. The molecule has 0 saturated carbocycles. The Hall–Kier alpha value is -1.44. The van der Waals surface area contributed by atoms with Crippen molar-refractivity contribution in [1.82, 2.24) is 9.21 Å². The maximum Gasteiger partial charge on any atom is 0.253 e. The Morgan fingerprint density at radius 1 is 1.13 bits per heavy atom. The Morgan fingerprint density at radius 2 is 1.78 bits per heavy atom. The van der Waals surface area contributed by atoms with Gasteiger partial charge in [0, 0.05) is 31.7 Å².